The Kier molecular flexibility index (Phi) is 5.21. The van der Waals surface area contributed by atoms with Gasteiger partial charge < -0.3 is 5.32 Å². The van der Waals surface area contributed by atoms with E-state index in [0.29, 0.717) is 25.1 Å². The van der Waals surface area contributed by atoms with E-state index in [0.717, 1.165) is 16.8 Å². The number of carbonyl (C=O) groups is 1. The van der Waals surface area contributed by atoms with E-state index in [4.69, 9.17) is 34.8 Å². The van der Waals surface area contributed by atoms with E-state index in [1.54, 1.807) is 30.3 Å². The second-order valence-corrected chi connectivity index (χ2v) is 7.31. The van der Waals surface area contributed by atoms with Crippen molar-refractivity contribution < 1.29 is 4.79 Å². The topological polar surface area (TPSA) is 41.5 Å². The zero-order valence-corrected chi connectivity index (χ0v) is 15.5. The maximum Gasteiger partial charge on any atom is 0.264 e. The molecule has 24 heavy (non-hydrogen) atoms. The molecular weight excluding hydrogens is 387 g/mol. The summed E-state index contributed by atoms with van der Waals surface area (Å²) in [5.41, 5.74) is 2.30. The number of hydrogen-bond donors (Lipinski definition) is 1. The lowest BCUT2D eigenvalue weighted by atomic mass is 10.2. The highest BCUT2D eigenvalue weighted by Crippen LogP contribution is 2.32. The average Bonchev–Trinajstić information content (AvgIpc) is 2.86. The quantitative estimate of drug-likeness (QED) is 0.646. The van der Waals surface area contributed by atoms with E-state index in [1.807, 2.05) is 19.1 Å². The van der Waals surface area contributed by atoms with Gasteiger partial charge in [-0.25, -0.2) is 4.99 Å². The molecule has 2 aromatic carbocycles. The van der Waals surface area contributed by atoms with Crippen molar-refractivity contribution in [3.05, 3.63) is 67.5 Å². The molecule has 3 rings (SSSR count). The standard InChI is InChI=1S/C17H11Cl3N2OS/c1-9-12(19)3-2-4-14(9)21-17-22-16(23)15(24-17)7-10-5-6-11(18)8-13(10)20/h2-8H,1H3,(H,21,22,23)/b15-7-. The molecule has 7 heteroatoms. The first-order chi connectivity index (χ1) is 11.4. The van der Waals surface area contributed by atoms with Crippen LogP contribution >= 0.6 is 46.6 Å². The minimum Gasteiger partial charge on any atom is -0.300 e. The van der Waals surface area contributed by atoms with Crippen LogP contribution in [0.5, 0.6) is 0 Å². The van der Waals surface area contributed by atoms with Gasteiger partial charge in [0.2, 0.25) is 0 Å². The van der Waals surface area contributed by atoms with Crippen molar-refractivity contribution in [2.24, 2.45) is 4.99 Å². The van der Waals surface area contributed by atoms with Gasteiger partial charge in [-0.3, -0.25) is 4.79 Å². The van der Waals surface area contributed by atoms with Crippen LogP contribution in [0.3, 0.4) is 0 Å². The van der Waals surface area contributed by atoms with E-state index in [2.05, 4.69) is 10.3 Å². The predicted octanol–water partition coefficient (Wildman–Crippen LogP) is 5.85. The lowest BCUT2D eigenvalue weighted by Gasteiger charge is -2.02. The van der Waals surface area contributed by atoms with Gasteiger partial charge in [0.05, 0.1) is 10.6 Å². The Hall–Kier alpha value is -1.46. The summed E-state index contributed by atoms with van der Waals surface area (Å²) in [6.45, 7) is 1.88. The summed E-state index contributed by atoms with van der Waals surface area (Å²) in [5.74, 6) is -0.218. The van der Waals surface area contributed by atoms with Gasteiger partial charge in [-0.15, -0.1) is 0 Å². The van der Waals surface area contributed by atoms with Crippen LogP contribution in [0.1, 0.15) is 11.1 Å². The van der Waals surface area contributed by atoms with Crippen molar-refractivity contribution >= 4 is 69.4 Å². The predicted molar refractivity (Wildman–Crippen MR) is 103 cm³/mol. The molecule has 0 radical (unpaired) electrons. The first-order valence-corrected chi connectivity index (χ1v) is 8.89. The van der Waals surface area contributed by atoms with Crippen LogP contribution in [0, 0.1) is 6.92 Å². The van der Waals surface area contributed by atoms with Crippen LogP contribution in [0.4, 0.5) is 5.69 Å². The Morgan fingerprint density at radius 2 is 1.92 bits per heavy atom. The van der Waals surface area contributed by atoms with Crippen LogP contribution < -0.4 is 5.32 Å². The van der Waals surface area contributed by atoms with Crippen molar-refractivity contribution in [1.29, 1.82) is 0 Å². The molecule has 1 amide bonds. The molecular formula is C17H11Cl3N2OS. The summed E-state index contributed by atoms with van der Waals surface area (Å²) in [7, 11) is 0. The lowest BCUT2D eigenvalue weighted by molar-refractivity contribution is -0.115. The number of thioether (sulfide) groups is 1. The number of rotatable bonds is 2. The van der Waals surface area contributed by atoms with Crippen LogP contribution in [-0.2, 0) is 4.79 Å². The zero-order chi connectivity index (χ0) is 17.3. The SMILES string of the molecule is Cc1c(Cl)cccc1N=C1NC(=O)/C(=C/c2ccc(Cl)cc2Cl)S1. The maximum atomic E-state index is 12.1. The van der Waals surface area contributed by atoms with E-state index < -0.39 is 0 Å². The molecule has 3 nitrogen and oxygen atoms in total. The summed E-state index contributed by atoms with van der Waals surface area (Å²) >= 11 is 19.4. The van der Waals surface area contributed by atoms with Gasteiger partial charge in [-0.05, 0) is 60.2 Å². The minimum absolute atomic E-state index is 0.218. The van der Waals surface area contributed by atoms with Crippen LogP contribution in [0.25, 0.3) is 6.08 Å². The molecule has 0 unspecified atom stereocenters. The van der Waals surface area contributed by atoms with Gasteiger partial charge >= 0.3 is 0 Å². The number of carbonyl (C=O) groups excluding carboxylic acids is 1. The van der Waals surface area contributed by atoms with Gasteiger partial charge in [-0.2, -0.15) is 0 Å². The van der Waals surface area contributed by atoms with E-state index in [9.17, 15) is 4.79 Å². The molecule has 0 bridgehead atoms. The molecule has 1 aliphatic rings. The van der Waals surface area contributed by atoms with Crippen LogP contribution in [0.2, 0.25) is 15.1 Å². The molecule has 0 aromatic heterocycles. The molecule has 122 valence electrons. The number of benzene rings is 2. The molecule has 2 aromatic rings. The number of nitrogens with one attached hydrogen (secondary N) is 1. The summed E-state index contributed by atoms with van der Waals surface area (Å²) in [6.07, 6.45) is 1.71. The maximum absolute atomic E-state index is 12.1. The molecule has 0 aliphatic carbocycles. The van der Waals surface area contributed by atoms with Crippen molar-refractivity contribution in [3.63, 3.8) is 0 Å². The summed E-state index contributed by atoms with van der Waals surface area (Å²) in [4.78, 5) is 17.1. The Morgan fingerprint density at radius 3 is 2.67 bits per heavy atom. The molecule has 0 spiro atoms. The first-order valence-electron chi connectivity index (χ1n) is 6.94. The highest BCUT2D eigenvalue weighted by Gasteiger charge is 2.24. The molecule has 1 aliphatic heterocycles. The third kappa shape index (κ3) is 3.78. The second kappa shape index (κ2) is 7.19. The largest absolute Gasteiger partial charge is 0.300 e. The lowest BCUT2D eigenvalue weighted by Crippen LogP contribution is -2.19. The molecule has 1 fully saturated rings. The third-order valence-electron chi connectivity index (χ3n) is 3.36. The van der Waals surface area contributed by atoms with Gasteiger partial charge in [0, 0.05) is 15.1 Å². The Labute approximate surface area is 158 Å². The smallest absolute Gasteiger partial charge is 0.264 e. The number of amidine groups is 1. The average molecular weight is 398 g/mol. The van der Waals surface area contributed by atoms with Gasteiger partial charge in [0.15, 0.2) is 5.17 Å². The molecule has 1 saturated heterocycles. The fourth-order valence-electron chi connectivity index (χ4n) is 2.07. The number of hydrogen-bond acceptors (Lipinski definition) is 3. The van der Waals surface area contributed by atoms with Crippen LogP contribution in [-0.4, -0.2) is 11.1 Å². The number of nitrogens with zero attached hydrogens (tertiary/aromatic N) is 1. The molecule has 0 atom stereocenters. The van der Waals surface area contributed by atoms with Gasteiger partial charge in [-0.1, -0.05) is 46.9 Å². The van der Waals surface area contributed by atoms with Gasteiger partial charge in [0.25, 0.3) is 5.91 Å². The zero-order valence-electron chi connectivity index (χ0n) is 12.4. The molecule has 0 saturated carbocycles. The highest BCUT2D eigenvalue weighted by atomic mass is 35.5. The number of aliphatic imine (C=N–C) groups is 1. The molecule has 1 N–H and O–H groups in total. The normalized spacial score (nSPS) is 17.6. The Morgan fingerprint density at radius 1 is 1.12 bits per heavy atom. The Bertz CT molecular complexity index is 893. The summed E-state index contributed by atoms with van der Waals surface area (Å²) < 4.78 is 0. The number of amides is 1. The Balaban J connectivity index is 1.89. The van der Waals surface area contributed by atoms with E-state index in [-0.39, 0.29) is 5.91 Å². The van der Waals surface area contributed by atoms with Crippen molar-refractivity contribution in [3.8, 4) is 0 Å². The second-order valence-electron chi connectivity index (χ2n) is 5.03. The van der Waals surface area contributed by atoms with Crippen molar-refractivity contribution in [2.75, 3.05) is 0 Å². The number of halogens is 3. The van der Waals surface area contributed by atoms with Gasteiger partial charge in [0.1, 0.15) is 0 Å². The van der Waals surface area contributed by atoms with E-state index >= 15 is 0 Å². The molecule has 1 heterocycles. The third-order valence-corrected chi connectivity index (χ3v) is 5.24. The minimum atomic E-state index is -0.218. The monoisotopic (exact) mass is 396 g/mol. The first kappa shape index (κ1) is 17.4. The summed E-state index contributed by atoms with van der Waals surface area (Å²) in [6, 6.07) is 10.6. The highest BCUT2D eigenvalue weighted by molar-refractivity contribution is 8.18. The van der Waals surface area contributed by atoms with Crippen molar-refractivity contribution in [2.45, 2.75) is 6.92 Å². The van der Waals surface area contributed by atoms with Crippen molar-refractivity contribution in [1.82, 2.24) is 5.32 Å². The summed E-state index contributed by atoms with van der Waals surface area (Å²) in [5, 5.41) is 4.91. The fraction of sp³-hybridized carbons (Fsp3) is 0.0588. The van der Waals surface area contributed by atoms with E-state index in [1.165, 1.54) is 11.8 Å². The fourth-order valence-corrected chi connectivity index (χ4v) is 3.53. The van der Waals surface area contributed by atoms with Crippen LogP contribution in [0.15, 0.2) is 46.3 Å².